The number of rotatable bonds is 59. The van der Waals surface area contributed by atoms with Crippen molar-refractivity contribution < 1.29 is 132 Å². The van der Waals surface area contributed by atoms with Crippen molar-refractivity contribution in [1.29, 1.82) is 0 Å². The lowest BCUT2D eigenvalue weighted by Crippen LogP contribution is -2.63. The Balaban J connectivity index is 1.82. The van der Waals surface area contributed by atoms with Crippen LogP contribution in [0.25, 0.3) is 0 Å². The number of aliphatic carboxylic acids is 2. The molecule has 2 aromatic carbocycles. The minimum Gasteiger partial charge on any atom is -0.508 e. The van der Waals surface area contributed by atoms with Crippen LogP contribution in [0.3, 0.4) is 0 Å². The summed E-state index contributed by atoms with van der Waals surface area (Å²) >= 11 is 1.24. The topological polar surface area (TPSA) is 748 Å². The van der Waals surface area contributed by atoms with Crippen LogP contribution < -0.4 is 97.0 Å². The minimum absolute atomic E-state index is 0.00276. The summed E-state index contributed by atoms with van der Waals surface area (Å²) in [7, 11) is 0. The predicted octanol–water partition coefficient (Wildman–Crippen LogP) is -8.00. The number of unbranched alkanes of at least 4 members (excludes halogenated alkanes) is 1. The number of hydrogen-bond acceptors (Lipinski definition) is 28. The van der Waals surface area contributed by atoms with Crippen LogP contribution in [-0.2, 0) is 104 Å². The van der Waals surface area contributed by atoms with Crippen LogP contribution in [-0.4, -0.2) is 318 Å². The molecule has 29 N–H and O–H groups in total. The Kier molecular flexibility index (Phi) is 49.6. The van der Waals surface area contributed by atoms with Crippen LogP contribution in [0.5, 0.6) is 5.75 Å². The average Bonchev–Trinajstić information content (AvgIpc) is 1.68. The minimum atomic E-state index is -2.06. The maximum atomic E-state index is 14.6. The van der Waals surface area contributed by atoms with Gasteiger partial charge in [-0.3, -0.25) is 86.3 Å². The van der Waals surface area contributed by atoms with Crippen LogP contribution >= 0.6 is 11.8 Å². The molecule has 1 aliphatic heterocycles. The molecule has 47 heteroatoms. The number of likely N-dealkylation sites (tertiary alicyclic amines) is 1. The molecular weight excluding hydrogens is 1730 g/mol. The maximum absolute atomic E-state index is 14.6. The number of aromatic hydroxyl groups is 1. The Morgan fingerprint density at radius 1 is 0.446 bits per heavy atom. The number of nitrogens with zero attached hydrogens (tertiary/aromatic N) is 1. The number of phenols is 1. The van der Waals surface area contributed by atoms with Crippen molar-refractivity contribution in [3.05, 3.63) is 65.7 Å². The second-order valence-electron chi connectivity index (χ2n) is 32.8. The third-order valence-corrected chi connectivity index (χ3v) is 21.1. The van der Waals surface area contributed by atoms with Gasteiger partial charge in [-0.15, -0.1) is 0 Å². The molecule has 0 radical (unpaired) electrons. The van der Waals surface area contributed by atoms with Crippen molar-refractivity contribution in [2.75, 3.05) is 51.4 Å². The first kappa shape index (κ1) is 112. The van der Waals surface area contributed by atoms with Crippen molar-refractivity contribution in [2.24, 2.45) is 35.0 Å². The maximum Gasteiger partial charge on any atom is 0.326 e. The fourth-order valence-corrected chi connectivity index (χ4v) is 13.8. The van der Waals surface area contributed by atoms with E-state index >= 15 is 0 Å². The lowest BCUT2D eigenvalue weighted by atomic mass is 9.98. The number of benzene rings is 2. The van der Waals surface area contributed by atoms with E-state index in [2.05, 4.69) is 79.8 Å². The first-order chi connectivity index (χ1) is 61.2. The van der Waals surface area contributed by atoms with Gasteiger partial charge in [-0.25, -0.2) is 4.79 Å². The fraction of sp³-hybridized carbons (Fsp3) is 0.627. The van der Waals surface area contributed by atoms with Gasteiger partial charge in [-0.1, -0.05) is 84.0 Å². The summed E-state index contributed by atoms with van der Waals surface area (Å²) in [4.78, 5) is 260. The first-order valence-electron chi connectivity index (χ1n) is 42.7. The summed E-state index contributed by atoms with van der Waals surface area (Å²) in [6.07, 6.45) is -6.44. The van der Waals surface area contributed by atoms with Gasteiger partial charge in [0.2, 0.25) is 100 Å². The zero-order valence-corrected chi connectivity index (χ0v) is 75.4. The molecule has 3 unspecified atom stereocenters. The monoisotopic (exact) mass is 1860 g/mol. The number of thioether (sulfide) groups is 1. The first-order valence-corrected chi connectivity index (χ1v) is 44.1. The lowest BCUT2D eigenvalue weighted by molar-refractivity contribution is -0.145. The van der Waals surface area contributed by atoms with Crippen molar-refractivity contribution in [2.45, 2.75) is 261 Å². The number of hydrogen-bond donors (Lipinski definition) is 26. The molecule has 0 bridgehead atoms. The van der Waals surface area contributed by atoms with Gasteiger partial charge >= 0.3 is 11.9 Å². The van der Waals surface area contributed by atoms with Crippen molar-refractivity contribution in [1.82, 2.24) is 84.7 Å². The zero-order chi connectivity index (χ0) is 97.9. The summed E-state index contributed by atoms with van der Waals surface area (Å²) in [6, 6.07) is -10.6. The third-order valence-electron chi connectivity index (χ3n) is 20.5. The number of phenolic OH excluding ortho intramolecular Hbond substituents is 1. The number of aliphatic hydroxyl groups is 5. The average molecular weight is 1860 g/mol. The van der Waals surface area contributed by atoms with Crippen LogP contribution in [0.4, 0.5) is 0 Å². The highest BCUT2D eigenvalue weighted by molar-refractivity contribution is 7.98. The van der Waals surface area contributed by atoms with E-state index in [1.54, 1.807) is 90.3 Å². The second kappa shape index (κ2) is 57.3. The third kappa shape index (κ3) is 39.7. The Labute approximate surface area is 756 Å². The van der Waals surface area contributed by atoms with Gasteiger partial charge in [0.05, 0.1) is 50.7 Å². The van der Waals surface area contributed by atoms with E-state index in [0.29, 0.717) is 11.1 Å². The molecule has 1 aliphatic rings. The molecule has 46 nitrogen and oxygen atoms in total. The van der Waals surface area contributed by atoms with Crippen LogP contribution in [0, 0.1) is 17.8 Å². The number of primary amides is 1. The molecule has 0 saturated carbocycles. The predicted molar refractivity (Wildman–Crippen MR) is 468 cm³/mol. The van der Waals surface area contributed by atoms with E-state index in [1.165, 1.54) is 30.8 Å². The van der Waals surface area contributed by atoms with E-state index < -0.39 is 279 Å². The largest absolute Gasteiger partial charge is 0.508 e. The van der Waals surface area contributed by atoms with E-state index in [9.17, 15) is 132 Å². The quantitative estimate of drug-likeness (QED) is 0.0274. The Morgan fingerprint density at radius 2 is 0.869 bits per heavy atom. The summed E-state index contributed by atoms with van der Waals surface area (Å²) < 4.78 is 0. The summed E-state index contributed by atoms with van der Waals surface area (Å²) in [5.74, 6) is -21.8. The molecule has 0 spiro atoms. The Morgan fingerprint density at radius 3 is 1.35 bits per heavy atom. The van der Waals surface area contributed by atoms with Crippen molar-refractivity contribution in [3.8, 4) is 5.75 Å². The number of carbonyl (C=O) groups is 19. The van der Waals surface area contributed by atoms with Crippen molar-refractivity contribution >= 4 is 124 Å². The molecule has 18 atom stereocenters. The highest BCUT2D eigenvalue weighted by atomic mass is 32.2. The van der Waals surface area contributed by atoms with Gasteiger partial charge in [0, 0.05) is 25.8 Å². The summed E-state index contributed by atoms with van der Waals surface area (Å²) in [6.45, 7) is 9.43. The number of nitrogens with two attached hydrogens (primary N) is 3. The standard InChI is InChI=1S/C83H131N19O27S/c1-41(2)33-55(75(120)98-65(43(5)6)79(124)100-67(45(8)106)80(125)95-57(83(128)129)34-42(3)4)94-78(123)60-20-16-31-102(60)82(127)68(46(9)107)101-72(117)52(25-27-61(86)109)91-76(121)58(39-103)96-70(115)51(19-14-15-30-84)90-71(116)53(26-28-64(112)113)92-77(122)59(40-104)97-81(126)66(44(7)105)99-73(118)54(29-32-130-10)93-74(119)56(36-47-17-12-11-13-18-47)89-63(111)38-87-62(110)37-88-69(114)50(85)35-48-21-23-49(108)24-22-48/h11-13,17-18,21-24,41-46,50-60,65-68,103-108H,14-16,19-20,25-40,84-85H2,1-10H3,(H2,86,109)(H,87,110)(H,88,114)(H,89,111)(H,90,116)(H,91,121)(H,92,122)(H,93,119)(H,94,123)(H,95,125)(H,96,115)(H,97,126)(H,98,120)(H,99,118)(H,100,124)(H,101,117)(H,112,113)(H,128,129)/t44?,45?,46?,50-,51-,52-,53-,54-,55-,56-,57-,58-,59-,60-,65-,66-,67-,68-/m0/s1. The van der Waals surface area contributed by atoms with Crippen LogP contribution in [0.1, 0.15) is 150 Å². The number of amides is 17. The number of carboxylic acids is 2. The van der Waals surface area contributed by atoms with Gasteiger partial charge in [-0.05, 0) is 151 Å². The SMILES string of the molecule is CSCC[C@H](NC(=O)[C@H](Cc1ccccc1)NC(=O)CNC(=O)CNC(=O)[C@@H](N)Cc1ccc(O)cc1)C(=O)N[C@H](C(=O)N[C@@H](CO)C(=O)N[C@@H](CCC(=O)O)C(=O)N[C@@H](CCCCN)C(=O)N[C@@H](CO)C(=O)N[C@@H](CCC(N)=O)C(=O)N[C@H](C(=O)N1CCC[C@H]1C(=O)N[C@@H](CC(C)C)C(=O)N[C@H](C(=O)N[C@H](C(=O)N[C@@H](CC(C)C)C(=O)O)C(C)O)C(C)C)C(C)O)C(C)O. The Hall–Kier alpha value is -11.8. The van der Waals surface area contributed by atoms with Gasteiger partial charge in [-0.2, -0.15) is 11.8 Å². The molecule has 0 aliphatic carbocycles. The van der Waals surface area contributed by atoms with Gasteiger partial charge in [0.25, 0.3) is 0 Å². The van der Waals surface area contributed by atoms with E-state index in [4.69, 9.17) is 17.2 Å². The summed E-state index contributed by atoms with van der Waals surface area (Å²) in [5.41, 5.74) is 18.3. The molecule has 1 heterocycles. The van der Waals surface area contributed by atoms with Crippen molar-refractivity contribution in [3.63, 3.8) is 0 Å². The number of nitrogens with one attached hydrogen (secondary N) is 15. The molecule has 2 aromatic rings. The van der Waals surface area contributed by atoms with E-state index in [-0.39, 0.29) is 101 Å². The van der Waals surface area contributed by atoms with E-state index in [1.807, 2.05) is 0 Å². The highest BCUT2D eigenvalue weighted by Crippen LogP contribution is 2.22. The molecule has 17 amide bonds. The molecule has 0 aromatic heterocycles. The number of aliphatic hydroxyl groups excluding tert-OH is 5. The smallest absolute Gasteiger partial charge is 0.326 e. The molecule has 1 saturated heterocycles. The van der Waals surface area contributed by atoms with E-state index in [0.717, 1.165) is 18.7 Å². The van der Waals surface area contributed by atoms with Gasteiger partial charge in [0.15, 0.2) is 0 Å². The van der Waals surface area contributed by atoms with Gasteiger partial charge in [0.1, 0.15) is 90.3 Å². The molecular formula is C83H131N19O27S. The van der Waals surface area contributed by atoms with Crippen LogP contribution in [0.2, 0.25) is 0 Å². The zero-order valence-electron chi connectivity index (χ0n) is 74.6. The Bertz CT molecular complexity index is 4150. The number of carbonyl (C=O) groups excluding carboxylic acids is 17. The lowest BCUT2D eigenvalue weighted by Gasteiger charge is -2.32. The molecule has 3 rings (SSSR count). The molecule has 726 valence electrons. The molecule has 130 heavy (non-hydrogen) atoms. The normalized spacial score (nSPS) is 16.4. The highest BCUT2D eigenvalue weighted by Gasteiger charge is 2.44. The number of carboxylic acid groups (broad SMARTS) is 2. The second-order valence-corrected chi connectivity index (χ2v) is 33.8. The van der Waals surface area contributed by atoms with Gasteiger partial charge < -0.3 is 143 Å². The summed E-state index contributed by atoms with van der Waals surface area (Å²) in [5, 5.41) is 118. The molecule has 1 fully saturated rings. The van der Waals surface area contributed by atoms with Crippen LogP contribution in [0.15, 0.2) is 54.6 Å². The fourth-order valence-electron chi connectivity index (χ4n) is 13.3.